The number of hydrogen-bond acceptors (Lipinski definition) is 5. The molecular weight excluding hydrogens is 354 g/mol. The van der Waals surface area contributed by atoms with Gasteiger partial charge in [-0.05, 0) is 36.8 Å². The van der Waals surface area contributed by atoms with Crippen molar-refractivity contribution < 1.29 is 9.53 Å². The Hall–Kier alpha value is -3.61. The monoisotopic (exact) mass is 373 g/mol. The largest absolute Gasteiger partial charge is 0.491 e. The number of aryl methyl sites for hydroxylation is 1. The van der Waals surface area contributed by atoms with Gasteiger partial charge in [0, 0.05) is 18.2 Å². The number of imidazole rings is 1. The van der Waals surface area contributed by atoms with E-state index in [1.165, 1.54) is 0 Å². The molecule has 1 aliphatic rings. The number of ether oxygens (including phenoxy) is 1. The summed E-state index contributed by atoms with van der Waals surface area (Å²) in [6.07, 6.45) is 3.34. The van der Waals surface area contributed by atoms with Crippen LogP contribution in [0.2, 0.25) is 0 Å². The van der Waals surface area contributed by atoms with Gasteiger partial charge < -0.3 is 15.4 Å². The predicted molar refractivity (Wildman–Crippen MR) is 106 cm³/mol. The highest BCUT2D eigenvalue weighted by molar-refractivity contribution is 5.98. The minimum absolute atomic E-state index is 0.0750. The molecule has 2 aromatic heterocycles. The fourth-order valence-electron chi connectivity index (χ4n) is 3.77. The summed E-state index contributed by atoms with van der Waals surface area (Å²) in [5.74, 6) is 1.19. The van der Waals surface area contributed by atoms with E-state index in [2.05, 4.69) is 9.97 Å². The fraction of sp³-hybridized carbons (Fsp3) is 0.190. The number of fused-ring (bicyclic) bond motifs is 4. The number of aromatic nitrogens is 3. The molecule has 4 aromatic rings. The molecule has 28 heavy (non-hydrogen) atoms. The van der Waals surface area contributed by atoms with Gasteiger partial charge in [-0.1, -0.05) is 12.1 Å². The van der Waals surface area contributed by atoms with Gasteiger partial charge in [-0.2, -0.15) is 0 Å². The zero-order valence-corrected chi connectivity index (χ0v) is 15.6. The van der Waals surface area contributed by atoms with Crippen LogP contribution in [-0.4, -0.2) is 38.8 Å². The number of nitrogen functional groups attached to an aromatic ring is 1. The summed E-state index contributed by atoms with van der Waals surface area (Å²) < 4.78 is 7.65. The van der Waals surface area contributed by atoms with E-state index in [1.807, 2.05) is 48.7 Å². The lowest BCUT2D eigenvalue weighted by molar-refractivity contribution is 0.0708. The lowest BCUT2D eigenvalue weighted by atomic mass is 10.0. The first kappa shape index (κ1) is 16.6. The molecule has 0 bridgehead atoms. The Morgan fingerprint density at radius 3 is 2.96 bits per heavy atom. The lowest BCUT2D eigenvalue weighted by Gasteiger charge is -2.24. The number of likely N-dealkylation sites (N-methyl/N-ethyl adjacent to an activating group) is 1. The zero-order valence-electron chi connectivity index (χ0n) is 15.6. The Balaban J connectivity index is 1.54. The summed E-state index contributed by atoms with van der Waals surface area (Å²) in [6, 6.07) is 11.4. The SMILES string of the molecule is Cc1ccc2c(c1)OC[C@H]2N(C)C(=O)c1ccc2nc(N)c3cncn3c2c1. The lowest BCUT2D eigenvalue weighted by Crippen LogP contribution is -2.32. The van der Waals surface area contributed by atoms with Gasteiger partial charge in [-0.25, -0.2) is 9.97 Å². The van der Waals surface area contributed by atoms with Gasteiger partial charge in [0.15, 0.2) is 0 Å². The second-order valence-electron chi connectivity index (χ2n) is 7.13. The first-order chi connectivity index (χ1) is 13.5. The normalized spacial score (nSPS) is 15.6. The Bertz CT molecular complexity index is 1250. The molecule has 0 saturated heterocycles. The third kappa shape index (κ3) is 2.40. The van der Waals surface area contributed by atoms with Gasteiger partial charge in [0.25, 0.3) is 5.91 Å². The number of anilines is 1. The van der Waals surface area contributed by atoms with Crippen LogP contribution in [0.3, 0.4) is 0 Å². The van der Waals surface area contributed by atoms with Gasteiger partial charge in [-0.15, -0.1) is 0 Å². The van der Waals surface area contributed by atoms with Crippen molar-refractivity contribution >= 4 is 28.3 Å². The van der Waals surface area contributed by atoms with Crippen molar-refractivity contribution in [2.75, 3.05) is 19.4 Å². The molecule has 0 radical (unpaired) electrons. The average molecular weight is 373 g/mol. The molecule has 140 valence electrons. The van der Waals surface area contributed by atoms with Crippen LogP contribution in [0, 0.1) is 6.92 Å². The highest BCUT2D eigenvalue weighted by Gasteiger charge is 2.31. The number of benzene rings is 2. The Morgan fingerprint density at radius 2 is 2.11 bits per heavy atom. The van der Waals surface area contributed by atoms with Crippen molar-refractivity contribution in [3.05, 3.63) is 65.6 Å². The number of rotatable bonds is 2. The third-order valence-corrected chi connectivity index (χ3v) is 5.34. The van der Waals surface area contributed by atoms with Crippen molar-refractivity contribution in [3.63, 3.8) is 0 Å². The van der Waals surface area contributed by atoms with Gasteiger partial charge in [0.05, 0.1) is 29.6 Å². The van der Waals surface area contributed by atoms with E-state index in [9.17, 15) is 4.79 Å². The molecule has 7 nitrogen and oxygen atoms in total. The maximum absolute atomic E-state index is 13.2. The Morgan fingerprint density at radius 1 is 1.25 bits per heavy atom. The highest BCUT2D eigenvalue weighted by Crippen LogP contribution is 2.36. The molecule has 3 heterocycles. The van der Waals surface area contributed by atoms with Crippen LogP contribution in [-0.2, 0) is 0 Å². The molecule has 1 atom stereocenters. The van der Waals surface area contributed by atoms with E-state index in [4.69, 9.17) is 10.5 Å². The number of carbonyl (C=O) groups is 1. The first-order valence-electron chi connectivity index (χ1n) is 9.05. The van der Waals surface area contributed by atoms with E-state index in [0.29, 0.717) is 23.5 Å². The molecule has 0 saturated carbocycles. The predicted octanol–water partition coefficient (Wildman–Crippen LogP) is 2.98. The van der Waals surface area contributed by atoms with Crippen LogP contribution in [0.5, 0.6) is 5.75 Å². The molecule has 0 aliphatic carbocycles. The maximum Gasteiger partial charge on any atom is 0.254 e. The third-order valence-electron chi connectivity index (χ3n) is 5.34. The molecule has 5 rings (SSSR count). The highest BCUT2D eigenvalue weighted by atomic mass is 16.5. The van der Waals surface area contributed by atoms with Gasteiger partial charge in [0.2, 0.25) is 0 Å². The molecule has 2 aromatic carbocycles. The zero-order chi connectivity index (χ0) is 19.4. The van der Waals surface area contributed by atoms with Crippen molar-refractivity contribution in [1.82, 2.24) is 19.3 Å². The van der Waals surface area contributed by atoms with Crippen molar-refractivity contribution in [2.45, 2.75) is 13.0 Å². The minimum Gasteiger partial charge on any atom is -0.491 e. The summed E-state index contributed by atoms with van der Waals surface area (Å²) in [5, 5.41) is 0. The van der Waals surface area contributed by atoms with Gasteiger partial charge in [-0.3, -0.25) is 9.20 Å². The molecule has 2 N–H and O–H groups in total. The van der Waals surface area contributed by atoms with Crippen LogP contribution in [0.15, 0.2) is 48.9 Å². The van der Waals surface area contributed by atoms with Crippen LogP contribution >= 0.6 is 0 Å². The number of nitrogens with two attached hydrogens (primary N) is 1. The molecule has 1 amide bonds. The van der Waals surface area contributed by atoms with E-state index in [0.717, 1.165) is 27.9 Å². The van der Waals surface area contributed by atoms with Crippen LogP contribution in [0.4, 0.5) is 5.82 Å². The second-order valence-corrected chi connectivity index (χ2v) is 7.13. The van der Waals surface area contributed by atoms with Crippen LogP contribution in [0.25, 0.3) is 16.6 Å². The summed E-state index contributed by atoms with van der Waals surface area (Å²) in [7, 11) is 1.81. The van der Waals surface area contributed by atoms with Crippen molar-refractivity contribution in [1.29, 1.82) is 0 Å². The Labute approximate surface area is 161 Å². The smallest absolute Gasteiger partial charge is 0.254 e. The van der Waals surface area contributed by atoms with Crippen LogP contribution < -0.4 is 10.5 Å². The molecular formula is C21H19N5O2. The molecule has 0 unspecified atom stereocenters. The van der Waals surface area contributed by atoms with Gasteiger partial charge in [0.1, 0.15) is 23.7 Å². The van der Waals surface area contributed by atoms with E-state index in [-0.39, 0.29) is 11.9 Å². The molecule has 0 spiro atoms. The number of carbonyl (C=O) groups excluding carboxylic acids is 1. The summed E-state index contributed by atoms with van der Waals surface area (Å²) in [5.41, 5.74) is 11.0. The number of hydrogen-bond donors (Lipinski definition) is 1. The molecule has 0 fully saturated rings. The van der Waals surface area contributed by atoms with Crippen molar-refractivity contribution in [2.24, 2.45) is 0 Å². The topological polar surface area (TPSA) is 85.8 Å². The van der Waals surface area contributed by atoms with E-state index < -0.39 is 0 Å². The summed E-state index contributed by atoms with van der Waals surface area (Å²) >= 11 is 0. The molecule has 1 aliphatic heterocycles. The fourth-order valence-corrected chi connectivity index (χ4v) is 3.77. The minimum atomic E-state index is -0.114. The summed E-state index contributed by atoms with van der Waals surface area (Å²) in [4.78, 5) is 23.5. The summed E-state index contributed by atoms with van der Waals surface area (Å²) in [6.45, 7) is 2.48. The van der Waals surface area contributed by atoms with E-state index >= 15 is 0 Å². The maximum atomic E-state index is 13.2. The van der Waals surface area contributed by atoms with Crippen LogP contribution in [0.1, 0.15) is 27.5 Å². The first-order valence-corrected chi connectivity index (χ1v) is 9.05. The van der Waals surface area contributed by atoms with Gasteiger partial charge >= 0.3 is 0 Å². The second kappa shape index (κ2) is 5.95. The number of nitrogens with zero attached hydrogens (tertiary/aromatic N) is 4. The quantitative estimate of drug-likeness (QED) is 0.584. The Kier molecular flexibility index (Phi) is 3.52. The average Bonchev–Trinajstić information content (AvgIpc) is 3.34. The van der Waals surface area contributed by atoms with Crippen molar-refractivity contribution in [3.8, 4) is 5.75 Å². The number of amides is 1. The standard InChI is InChI=1S/C21H19N5O2/c1-12-3-5-14-18(10-28-19(14)7-12)25(2)21(27)13-4-6-15-16(8-13)26-11-23-9-17(26)20(22)24-15/h3-9,11,18H,10H2,1-2H3,(H2,22,24)/t18-/m1/s1. The van der Waals surface area contributed by atoms with E-state index in [1.54, 1.807) is 23.5 Å². The molecule has 7 heteroatoms.